The average Bonchev–Trinajstić information content (AvgIpc) is 2.90. The maximum Gasteiger partial charge on any atom is 0.248 e. The second-order valence-electron chi connectivity index (χ2n) is 6.63. The lowest BCUT2D eigenvalue weighted by Crippen LogP contribution is -2.36. The maximum absolute atomic E-state index is 11.7. The Morgan fingerprint density at radius 1 is 1.35 bits per heavy atom. The summed E-state index contributed by atoms with van der Waals surface area (Å²) < 4.78 is 0. The molecule has 1 heterocycles. The molecule has 1 atom stereocenters. The minimum absolute atomic E-state index is 0.283. The van der Waals surface area contributed by atoms with Crippen LogP contribution < -0.4 is 5.32 Å². The number of benzene rings is 1. The second kappa shape index (κ2) is 7.59. The normalized spacial score (nSPS) is 12.8. The quantitative estimate of drug-likeness (QED) is 0.687. The van der Waals surface area contributed by atoms with Crippen molar-refractivity contribution in [2.45, 2.75) is 53.1 Å². The fraction of sp³-hybridized carbons (Fsp3) is 0.556. The van der Waals surface area contributed by atoms with Crippen molar-refractivity contribution < 1.29 is 9.90 Å². The van der Waals surface area contributed by atoms with Gasteiger partial charge in [-0.2, -0.15) is 0 Å². The zero-order chi connectivity index (χ0) is 17.0. The zero-order valence-electron chi connectivity index (χ0n) is 14.4. The molecule has 0 aliphatic heterocycles. The van der Waals surface area contributed by atoms with Crippen molar-refractivity contribution in [1.29, 1.82) is 0 Å². The van der Waals surface area contributed by atoms with E-state index in [0.717, 1.165) is 29.7 Å². The molecule has 0 aliphatic rings. The molecule has 23 heavy (non-hydrogen) atoms. The maximum atomic E-state index is 11.7. The van der Waals surface area contributed by atoms with Crippen LogP contribution in [0.3, 0.4) is 0 Å². The summed E-state index contributed by atoms with van der Waals surface area (Å²) in [6, 6.07) is 4.15. The van der Waals surface area contributed by atoms with E-state index in [9.17, 15) is 9.90 Å². The first-order chi connectivity index (χ1) is 10.9. The Hall–Kier alpha value is -1.88. The number of rotatable bonds is 7. The third kappa shape index (κ3) is 4.55. The number of hydrogen-bond acceptors (Lipinski definition) is 3. The molecule has 0 fully saturated rings. The molecule has 5 heteroatoms. The van der Waals surface area contributed by atoms with E-state index in [4.69, 9.17) is 0 Å². The number of carbonyl (C=O) groups excluding carboxylic acids is 1. The summed E-state index contributed by atoms with van der Waals surface area (Å²) in [5, 5.41) is 12.5. The van der Waals surface area contributed by atoms with Crippen molar-refractivity contribution in [2.75, 3.05) is 6.54 Å². The first kappa shape index (κ1) is 17.5. The summed E-state index contributed by atoms with van der Waals surface area (Å²) >= 11 is 0. The van der Waals surface area contributed by atoms with Gasteiger partial charge in [0.1, 0.15) is 11.9 Å². The molecule has 2 rings (SSSR count). The lowest BCUT2D eigenvalue weighted by molar-refractivity contribution is -0.130. The van der Waals surface area contributed by atoms with E-state index in [1.807, 2.05) is 13.8 Å². The summed E-state index contributed by atoms with van der Waals surface area (Å²) in [5.41, 5.74) is 4.52. The van der Waals surface area contributed by atoms with Crippen LogP contribution in [0.25, 0.3) is 11.0 Å². The van der Waals surface area contributed by atoms with Crippen LogP contribution in [0.5, 0.6) is 0 Å². The smallest absolute Gasteiger partial charge is 0.248 e. The van der Waals surface area contributed by atoms with Crippen molar-refractivity contribution in [2.24, 2.45) is 5.92 Å². The standard InChI is InChI=1S/C18H27N3O2/c1-11(2)10-15(22)18(23)19-9-5-6-16-20-14-8-7-12(3)13(4)17(14)21-16/h7-8,11,15,22H,5-6,9-10H2,1-4H3,(H,19,23)(H,20,21). The van der Waals surface area contributed by atoms with Crippen LogP contribution in [0.15, 0.2) is 12.1 Å². The molecule has 1 aromatic carbocycles. The van der Waals surface area contributed by atoms with Gasteiger partial charge in [-0.3, -0.25) is 4.79 Å². The van der Waals surface area contributed by atoms with Crippen LogP contribution in [0.2, 0.25) is 0 Å². The fourth-order valence-electron chi connectivity index (χ4n) is 2.62. The van der Waals surface area contributed by atoms with Crippen LogP contribution in [0.4, 0.5) is 0 Å². The molecule has 0 aliphatic carbocycles. The Labute approximate surface area is 137 Å². The molecule has 5 nitrogen and oxygen atoms in total. The van der Waals surface area contributed by atoms with Crippen molar-refractivity contribution in [1.82, 2.24) is 15.3 Å². The van der Waals surface area contributed by atoms with Gasteiger partial charge in [-0.25, -0.2) is 4.98 Å². The van der Waals surface area contributed by atoms with Crippen LogP contribution in [0, 0.1) is 19.8 Å². The number of aryl methyl sites for hydroxylation is 3. The molecule has 126 valence electrons. The molecule has 0 saturated heterocycles. The van der Waals surface area contributed by atoms with Gasteiger partial charge in [0.2, 0.25) is 5.91 Å². The number of amides is 1. The number of hydrogen-bond donors (Lipinski definition) is 3. The minimum atomic E-state index is -0.910. The highest BCUT2D eigenvalue weighted by molar-refractivity contribution is 5.80. The molecular formula is C18H27N3O2. The average molecular weight is 317 g/mol. The van der Waals surface area contributed by atoms with E-state index in [1.165, 1.54) is 11.1 Å². The van der Waals surface area contributed by atoms with Gasteiger partial charge in [0.15, 0.2) is 0 Å². The van der Waals surface area contributed by atoms with E-state index >= 15 is 0 Å². The van der Waals surface area contributed by atoms with Crippen LogP contribution in [0.1, 0.15) is 43.6 Å². The minimum Gasteiger partial charge on any atom is -0.383 e. The topological polar surface area (TPSA) is 78.0 Å². The zero-order valence-corrected chi connectivity index (χ0v) is 14.4. The highest BCUT2D eigenvalue weighted by Crippen LogP contribution is 2.19. The summed E-state index contributed by atoms with van der Waals surface area (Å²) in [7, 11) is 0. The van der Waals surface area contributed by atoms with Gasteiger partial charge in [-0.1, -0.05) is 19.9 Å². The Bertz CT molecular complexity index is 676. The predicted octanol–water partition coefficient (Wildman–Crippen LogP) is 2.64. The number of imidazole rings is 1. The molecule has 0 saturated carbocycles. The lowest BCUT2D eigenvalue weighted by Gasteiger charge is -2.12. The Morgan fingerprint density at radius 2 is 2.09 bits per heavy atom. The SMILES string of the molecule is Cc1ccc2[nH]c(CCCNC(=O)C(O)CC(C)C)nc2c1C. The molecular weight excluding hydrogens is 290 g/mol. The lowest BCUT2D eigenvalue weighted by atomic mass is 10.1. The molecule has 1 unspecified atom stereocenters. The van der Waals surface area contributed by atoms with E-state index in [-0.39, 0.29) is 5.91 Å². The number of aliphatic hydroxyl groups excluding tert-OH is 1. The number of nitrogens with zero attached hydrogens (tertiary/aromatic N) is 1. The van der Waals surface area contributed by atoms with E-state index in [1.54, 1.807) is 0 Å². The monoisotopic (exact) mass is 317 g/mol. The summed E-state index contributed by atoms with van der Waals surface area (Å²) in [5.74, 6) is 0.957. The number of aliphatic hydroxyl groups is 1. The fourth-order valence-corrected chi connectivity index (χ4v) is 2.62. The highest BCUT2D eigenvalue weighted by atomic mass is 16.3. The van der Waals surface area contributed by atoms with Crippen molar-refractivity contribution in [3.63, 3.8) is 0 Å². The predicted molar refractivity (Wildman–Crippen MR) is 92.4 cm³/mol. The van der Waals surface area contributed by atoms with Gasteiger partial charge >= 0.3 is 0 Å². The number of aromatic nitrogens is 2. The van der Waals surface area contributed by atoms with Crippen LogP contribution >= 0.6 is 0 Å². The Kier molecular flexibility index (Phi) is 5.77. The highest BCUT2D eigenvalue weighted by Gasteiger charge is 2.15. The molecule has 2 aromatic rings. The molecule has 0 bridgehead atoms. The van der Waals surface area contributed by atoms with E-state index in [2.05, 4.69) is 41.3 Å². The number of H-pyrrole nitrogens is 1. The third-order valence-electron chi connectivity index (χ3n) is 4.11. The third-order valence-corrected chi connectivity index (χ3v) is 4.11. The number of fused-ring (bicyclic) bond motifs is 1. The van der Waals surface area contributed by atoms with Gasteiger partial charge in [-0.05, 0) is 49.8 Å². The molecule has 0 spiro atoms. The second-order valence-corrected chi connectivity index (χ2v) is 6.63. The van der Waals surface area contributed by atoms with Gasteiger partial charge in [0.05, 0.1) is 11.0 Å². The van der Waals surface area contributed by atoms with Crippen molar-refractivity contribution in [3.05, 3.63) is 29.1 Å². The van der Waals surface area contributed by atoms with Crippen molar-refractivity contribution >= 4 is 16.9 Å². The van der Waals surface area contributed by atoms with Gasteiger partial charge in [-0.15, -0.1) is 0 Å². The van der Waals surface area contributed by atoms with E-state index in [0.29, 0.717) is 18.9 Å². The Morgan fingerprint density at radius 3 is 2.78 bits per heavy atom. The van der Waals surface area contributed by atoms with Crippen molar-refractivity contribution in [3.8, 4) is 0 Å². The first-order valence-corrected chi connectivity index (χ1v) is 8.29. The largest absolute Gasteiger partial charge is 0.383 e. The summed E-state index contributed by atoms with van der Waals surface area (Å²) in [6.45, 7) is 8.69. The molecule has 1 amide bonds. The molecule has 1 aromatic heterocycles. The first-order valence-electron chi connectivity index (χ1n) is 8.29. The van der Waals surface area contributed by atoms with Gasteiger partial charge < -0.3 is 15.4 Å². The summed E-state index contributed by atoms with van der Waals surface area (Å²) in [6.07, 6.45) is 1.14. The molecule has 3 N–H and O–H groups in total. The van der Waals surface area contributed by atoms with Gasteiger partial charge in [0.25, 0.3) is 0 Å². The Balaban J connectivity index is 1.83. The van der Waals surface area contributed by atoms with Crippen LogP contribution in [-0.4, -0.2) is 33.6 Å². The number of aromatic amines is 1. The van der Waals surface area contributed by atoms with Gasteiger partial charge in [0, 0.05) is 13.0 Å². The number of nitrogens with one attached hydrogen (secondary N) is 2. The molecule has 0 radical (unpaired) electrons. The summed E-state index contributed by atoms with van der Waals surface area (Å²) in [4.78, 5) is 19.7. The number of carbonyl (C=O) groups is 1. The van der Waals surface area contributed by atoms with Crippen LogP contribution in [-0.2, 0) is 11.2 Å². The van der Waals surface area contributed by atoms with E-state index < -0.39 is 6.10 Å².